The lowest BCUT2D eigenvalue weighted by atomic mass is 10.1. The number of nitrogens with zero attached hydrogens (tertiary/aromatic N) is 9. The summed E-state index contributed by atoms with van der Waals surface area (Å²) in [5.74, 6) is 4.78. The molecule has 18 aromatic carbocycles. The number of para-hydroxylation sites is 6. The smallest absolute Gasteiger partial charge is 0.163 e. The summed E-state index contributed by atoms with van der Waals surface area (Å²) in [5.41, 5.74) is 14.9. The van der Waals surface area contributed by atoms with E-state index >= 15 is 0 Å². The van der Waals surface area contributed by atoms with Gasteiger partial charge in [0.15, 0.2) is 34.9 Å². The first kappa shape index (κ1) is 71.8. The van der Waals surface area contributed by atoms with Crippen LogP contribution in [0.2, 0.25) is 0 Å². The third-order valence-corrected chi connectivity index (χ3v) is 29.0. The number of aromatic nitrogens is 9. The minimum atomic E-state index is 0.683. The van der Waals surface area contributed by atoms with Gasteiger partial charge in [-0.25, -0.2) is 29.9 Å². The van der Waals surface area contributed by atoms with E-state index in [9.17, 15) is 0 Å². The summed E-state index contributed by atoms with van der Waals surface area (Å²) < 4.78 is 29.1. The summed E-state index contributed by atoms with van der Waals surface area (Å²) in [6.45, 7) is 0. The molecule has 0 amide bonds. The number of benzene rings is 18. The Morgan fingerprint density at radius 2 is 0.442 bits per heavy atom. The molecule has 12 heterocycles. The quantitative estimate of drug-likeness (QED) is 0.160. The fourth-order valence-electron chi connectivity index (χ4n) is 19.9. The van der Waals surface area contributed by atoms with E-state index in [-0.39, 0.29) is 0 Å². The lowest BCUT2D eigenvalue weighted by Gasteiger charge is -2.12. The maximum absolute atomic E-state index is 6.25. The highest BCUT2D eigenvalue weighted by atomic mass is 32.1. The molecule has 129 heavy (non-hydrogen) atoms. The van der Waals surface area contributed by atoms with Crippen molar-refractivity contribution in [2.45, 2.75) is 0 Å². The van der Waals surface area contributed by atoms with E-state index < -0.39 is 0 Å². The lowest BCUT2D eigenvalue weighted by Crippen LogP contribution is -2.01. The number of furan rings is 3. The van der Waals surface area contributed by atoms with Crippen molar-refractivity contribution in [3.8, 4) is 51.6 Å². The van der Waals surface area contributed by atoms with E-state index in [0.717, 1.165) is 164 Å². The van der Waals surface area contributed by atoms with Crippen molar-refractivity contribution in [2.24, 2.45) is 0 Å². The van der Waals surface area contributed by atoms with Gasteiger partial charge in [0.25, 0.3) is 0 Å². The molecule has 0 unspecified atom stereocenters. The molecule has 600 valence electrons. The summed E-state index contributed by atoms with van der Waals surface area (Å²) in [5, 5.41) is 27.9. The minimum Gasteiger partial charge on any atom is -0.456 e. The van der Waals surface area contributed by atoms with Gasteiger partial charge < -0.3 is 13.3 Å². The summed E-state index contributed by atoms with van der Waals surface area (Å²) in [4.78, 5) is 34.7. The predicted molar refractivity (Wildman–Crippen MR) is 538 cm³/mol. The average Bonchev–Trinajstić information content (AvgIpc) is 1.56. The van der Waals surface area contributed by atoms with Gasteiger partial charge in [0.2, 0.25) is 0 Å². The van der Waals surface area contributed by atoms with Crippen LogP contribution in [0.25, 0.3) is 276 Å². The number of hydrogen-bond acceptors (Lipinski definition) is 12. The van der Waals surface area contributed by atoms with Crippen molar-refractivity contribution in [1.82, 2.24) is 43.6 Å². The van der Waals surface area contributed by atoms with Crippen LogP contribution in [-0.4, -0.2) is 43.6 Å². The Labute approximate surface area is 743 Å². The average molecular weight is 1700 g/mol. The normalized spacial score (nSPS) is 12.2. The first-order valence-electron chi connectivity index (χ1n) is 43.0. The molecule has 0 aliphatic rings. The number of fused-ring (bicyclic) bond motifs is 30. The maximum Gasteiger partial charge on any atom is 0.163 e. The molecule has 0 atom stereocenters. The Balaban J connectivity index is 0.0000000976. The zero-order valence-corrected chi connectivity index (χ0v) is 70.8. The second kappa shape index (κ2) is 28.0. The Hall–Kier alpha value is -16.6. The molecule has 0 radical (unpaired) electrons. The zero-order chi connectivity index (χ0) is 84.2. The second-order valence-corrected chi connectivity index (χ2v) is 36.2. The number of hydrogen-bond donors (Lipinski definition) is 0. The largest absolute Gasteiger partial charge is 0.456 e. The molecule has 0 saturated carbocycles. The summed E-state index contributed by atoms with van der Waals surface area (Å²) in [6, 6.07) is 135. The zero-order valence-electron chi connectivity index (χ0n) is 68.3. The van der Waals surface area contributed by atoms with Crippen molar-refractivity contribution in [3.05, 3.63) is 382 Å². The second-order valence-electron chi connectivity index (χ2n) is 33.1. The molecule has 0 spiro atoms. The van der Waals surface area contributed by atoms with Crippen molar-refractivity contribution in [2.75, 3.05) is 0 Å². The highest BCUT2D eigenvalue weighted by molar-refractivity contribution is 7.26. The number of thiophene rings is 3. The Morgan fingerprint density at radius 1 is 0.178 bits per heavy atom. The minimum absolute atomic E-state index is 0.683. The summed E-state index contributed by atoms with van der Waals surface area (Å²) in [6.07, 6.45) is 0. The Kier molecular flexibility index (Phi) is 15.6. The lowest BCUT2D eigenvalue weighted by molar-refractivity contribution is 0.668. The monoisotopic (exact) mass is 1700 g/mol. The van der Waals surface area contributed by atoms with Crippen LogP contribution in [0, 0.1) is 0 Å². The highest BCUT2D eigenvalue weighted by Gasteiger charge is 2.28. The molecule has 0 N–H and O–H groups in total. The number of rotatable bonds is 6. The molecule has 0 aliphatic heterocycles. The fourth-order valence-corrected chi connectivity index (χ4v) is 23.1. The van der Waals surface area contributed by atoms with E-state index in [4.69, 9.17) is 43.2 Å². The highest BCUT2D eigenvalue weighted by Crippen LogP contribution is 2.48. The van der Waals surface area contributed by atoms with Gasteiger partial charge in [0.1, 0.15) is 48.0 Å². The fraction of sp³-hybridized carbons (Fsp3) is 0. The molecule has 0 bridgehead atoms. The van der Waals surface area contributed by atoms with Crippen LogP contribution in [-0.2, 0) is 0 Å². The molecular formula is C114H63N9O3S3. The van der Waals surface area contributed by atoms with Crippen molar-refractivity contribution < 1.29 is 13.3 Å². The van der Waals surface area contributed by atoms with E-state index in [1.54, 1.807) is 34.0 Å². The van der Waals surface area contributed by atoms with Crippen LogP contribution < -0.4 is 0 Å². The topological polar surface area (TPSA) is 132 Å². The van der Waals surface area contributed by atoms with Gasteiger partial charge in [-0.05, 0) is 172 Å². The molecule has 0 fully saturated rings. The molecule has 30 rings (SSSR count). The Bertz CT molecular complexity index is 9660. The van der Waals surface area contributed by atoms with Crippen LogP contribution in [0.15, 0.2) is 395 Å². The van der Waals surface area contributed by atoms with Crippen LogP contribution in [0.5, 0.6) is 0 Å². The van der Waals surface area contributed by atoms with E-state index in [1.165, 1.54) is 94.9 Å². The van der Waals surface area contributed by atoms with E-state index in [2.05, 4.69) is 329 Å². The van der Waals surface area contributed by atoms with Crippen molar-refractivity contribution >= 4 is 258 Å². The van der Waals surface area contributed by atoms with Gasteiger partial charge in [-0.2, -0.15) is 0 Å². The van der Waals surface area contributed by atoms with Gasteiger partial charge in [0, 0.05) is 112 Å². The third kappa shape index (κ3) is 11.1. The molecule has 12 nitrogen and oxygen atoms in total. The van der Waals surface area contributed by atoms with Gasteiger partial charge in [0.05, 0.1) is 49.3 Å². The molecule has 0 aliphatic carbocycles. The van der Waals surface area contributed by atoms with Crippen LogP contribution in [0.1, 0.15) is 0 Å². The standard InChI is InChI=1S/3C38H21N3OS/c2*1-2-10-23-21-31-28(19-22(23)9-1)25-11-3-6-14-30(25)41(31)37-35-27-13-5-8-16-34(27)43-38(35)40-36(39-37)24-17-18-33-29(20-24)26-12-4-7-15-32(26)42-33;1-2-10-23-20-31-29(19-22(23)9-1)25-11-3-6-14-30(25)41(31)37-35-28-13-5-8-16-34(28)43-38(35)40-36(39-37)24-17-18-27-26-12-4-7-15-32(26)42-33(27)21-24/h3*1-21H. The van der Waals surface area contributed by atoms with Gasteiger partial charge in [-0.1, -0.05) is 243 Å². The van der Waals surface area contributed by atoms with Gasteiger partial charge in [-0.3, -0.25) is 13.7 Å². The first-order valence-corrected chi connectivity index (χ1v) is 45.5. The van der Waals surface area contributed by atoms with Crippen LogP contribution >= 0.6 is 34.0 Å². The first-order chi connectivity index (χ1) is 63.9. The molecule has 0 saturated heterocycles. The molecule has 12 aromatic heterocycles. The van der Waals surface area contributed by atoms with Gasteiger partial charge >= 0.3 is 0 Å². The van der Waals surface area contributed by atoms with Crippen LogP contribution in [0.3, 0.4) is 0 Å². The SMILES string of the molecule is c1ccc2cc3c(cc2c1)c1ccccc1n3-c1nc(-c2ccc3c(c2)oc2ccccc23)nc2sc3ccccc3c12.c1ccc2cc3c(cc2c1)c1ccccc1n3-c1nc(-c2ccc3oc4ccccc4c3c2)nc2sc3ccccc3c12.c1ccc2cc3c(cc2c1)c1ccccc1n3-c1nc(-c2ccc3oc4ccccc4c3c2)nc2sc3ccccc3c12. The third-order valence-electron chi connectivity index (χ3n) is 25.8. The summed E-state index contributed by atoms with van der Waals surface area (Å²) >= 11 is 5.16. The molecular weight excluding hydrogens is 1640 g/mol. The van der Waals surface area contributed by atoms with E-state index in [1.807, 2.05) is 66.7 Å². The van der Waals surface area contributed by atoms with Crippen molar-refractivity contribution in [3.63, 3.8) is 0 Å². The Morgan fingerprint density at radius 3 is 0.806 bits per heavy atom. The summed E-state index contributed by atoms with van der Waals surface area (Å²) in [7, 11) is 0. The molecule has 15 heteroatoms. The van der Waals surface area contributed by atoms with E-state index in [0.29, 0.717) is 17.5 Å². The predicted octanol–water partition coefficient (Wildman–Crippen LogP) is 32.0. The van der Waals surface area contributed by atoms with Gasteiger partial charge in [-0.15, -0.1) is 34.0 Å². The van der Waals surface area contributed by atoms with Crippen molar-refractivity contribution in [1.29, 1.82) is 0 Å². The van der Waals surface area contributed by atoms with Crippen LogP contribution in [0.4, 0.5) is 0 Å². The maximum atomic E-state index is 6.25. The molecule has 30 aromatic rings.